The topological polar surface area (TPSA) is 42.7 Å². The van der Waals surface area contributed by atoms with E-state index in [1.54, 1.807) is 11.3 Å². The summed E-state index contributed by atoms with van der Waals surface area (Å²) in [5.41, 5.74) is 1.86. The first kappa shape index (κ1) is 9.84. The van der Waals surface area contributed by atoms with Gasteiger partial charge in [-0.2, -0.15) is 5.10 Å². The molecule has 4 nitrogen and oxygen atoms in total. The summed E-state index contributed by atoms with van der Waals surface area (Å²) in [6.07, 6.45) is 6.47. The van der Waals surface area contributed by atoms with Crippen LogP contribution in [0.4, 0.5) is 5.82 Å². The third-order valence-corrected chi connectivity index (χ3v) is 3.55. The summed E-state index contributed by atoms with van der Waals surface area (Å²) in [5.74, 6) is 1.96. The molecular formula is C11H14N4S. The Labute approximate surface area is 98.3 Å². The molecule has 0 radical (unpaired) electrons. The van der Waals surface area contributed by atoms with Gasteiger partial charge in [0.15, 0.2) is 0 Å². The SMILES string of the molecule is c1cc(NCc2cncs2)n(CC2CC2)n1. The molecule has 2 heterocycles. The molecule has 0 aromatic carbocycles. The Bertz CT molecular complexity index is 444. The van der Waals surface area contributed by atoms with Crippen LogP contribution in [0.15, 0.2) is 24.0 Å². The maximum absolute atomic E-state index is 4.34. The van der Waals surface area contributed by atoms with Gasteiger partial charge >= 0.3 is 0 Å². The van der Waals surface area contributed by atoms with E-state index in [2.05, 4.69) is 20.1 Å². The second-order valence-electron chi connectivity index (χ2n) is 4.16. The van der Waals surface area contributed by atoms with E-state index in [0.717, 1.165) is 24.8 Å². The molecule has 84 valence electrons. The zero-order chi connectivity index (χ0) is 10.8. The fourth-order valence-electron chi connectivity index (χ4n) is 1.68. The molecule has 2 aromatic heterocycles. The molecule has 5 heteroatoms. The lowest BCUT2D eigenvalue weighted by Crippen LogP contribution is -2.08. The van der Waals surface area contributed by atoms with E-state index in [0.29, 0.717) is 0 Å². The molecule has 0 bridgehead atoms. The lowest BCUT2D eigenvalue weighted by molar-refractivity contribution is 0.567. The number of rotatable bonds is 5. The first-order valence-corrected chi connectivity index (χ1v) is 6.43. The van der Waals surface area contributed by atoms with Crippen LogP contribution >= 0.6 is 11.3 Å². The van der Waals surface area contributed by atoms with Crippen LogP contribution < -0.4 is 5.32 Å². The molecule has 16 heavy (non-hydrogen) atoms. The van der Waals surface area contributed by atoms with Gasteiger partial charge in [0.1, 0.15) is 5.82 Å². The Balaban J connectivity index is 1.62. The smallest absolute Gasteiger partial charge is 0.124 e. The van der Waals surface area contributed by atoms with Crippen molar-refractivity contribution in [2.45, 2.75) is 25.9 Å². The molecule has 1 fully saturated rings. The summed E-state index contributed by atoms with van der Waals surface area (Å²) in [7, 11) is 0. The van der Waals surface area contributed by atoms with Gasteiger partial charge in [0.2, 0.25) is 0 Å². The minimum absolute atomic E-state index is 0.834. The van der Waals surface area contributed by atoms with Crippen LogP contribution in [0.3, 0.4) is 0 Å². The van der Waals surface area contributed by atoms with Crippen molar-refractivity contribution in [1.29, 1.82) is 0 Å². The number of thiazole rings is 1. The van der Waals surface area contributed by atoms with Crippen LogP contribution in [-0.2, 0) is 13.1 Å². The monoisotopic (exact) mass is 234 g/mol. The predicted octanol–water partition coefficient (Wildman–Crippen LogP) is 2.36. The van der Waals surface area contributed by atoms with Gasteiger partial charge in [-0.3, -0.25) is 4.98 Å². The van der Waals surface area contributed by atoms with E-state index in [-0.39, 0.29) is 0 Å². The molecule has 0 saturated heterocycles. The van der Waals surface area contributed by atoms with Gasteiger partial charge < -0.3 is 5.32 Å². The van der Waals surface area contributed by atoms with Crippen molar-refractivity contribution in [2.24, 2.45) is 5.92 Å². The highest BCUT2D eigenvalue weighted by Gasteiger charge is 2.22. The molecular weight excluding hydrogens is 220 g/mol. The Morgan fingerprint density at radius 1 is 1.50 bits per heavy atom. The lowest BCUT2D eigenvalue weighted by atomic mass is 10.4. The van der Waals surface area contributed by atoms with Gasteiger partial charge in [-0.25, -0.2) is 4.68 Å². The standard InChI is InChI=1S/C11H14N4S/c1-2-9(1)7-15-11(3-4-14-15)13-6-10-5-12-8-16-10/h3-5,8-9,13H,1-2,6-7H2. The number of hydrogen-bond acceptors (Lipinski definition) is 4. The van der Waals surface area contributed by atoms with Gasteiger partial charge in [0, 0.05) is 23.7 Å². The summed E-state index contributed by atoms with van der Waals surface area (Å²) < 4.78 is 2.07. The maximum Gasteiger partial charge on any atom is 0.124 e. The van der Waals surface area contributed by atoms with Crippen LogP contribution in [-0.4, -0.2) is 14.8 Å². The highest BCUT2D eigenvalue weighted by atomic mass is 32.1. The van der Waals surface area contributed by atoms with Crippen molar-refractivity contribution in [3.05, 3.63) is 28.8 Å². The molecule has 2 aromatic rings. The summed E-state index contributed by atoms with van der Waals surface area (Å²) in [5, 5.41) is 7.74. The molecule has 0 atom stereocenters. The molecule has 0 spiro atoms. The normalized spacial score (nSPS) is 15.2. The fourth-order valence-corrected chi connectivity index (χ4v) is 2.21. The molecule has 3 rings (SSSR count). The second kappa shape index (κ2) is 4.25. The van der Waals surface area contributed by atoms with E-state index in [9.17, 15) is 0 Å². The van der Waals surface area contributed by atoms with Crippen molar-refractivity contribution in [3.8, 4) is 0 Å². The molecule has 0 unspecified atom stereocenters. The van der Waals surface area contributed by atoms with Crippen molar-refractivity contribution < 1.29 is 0 Å². The van der Waals surface area contributed by atoms with Crippen LogP contribution in [0.1, 0.15) is 17.7 Å². The van der Waals surface area contributed by atoms with E-state index in [4.69, 9.17) is 0 Å². The van der Waals surface area contributed by atoms with Gasteiger partial charge in [-0.05, 0) is 18.8 Å². The summed E-state index contributed by atoms with van der Waals surface area (Å²) >= 11 is 1.67. The molecule has 1 N–H and O–H groups in total. The minimum Gasteiger partial charge on any atom is -0.365 e. The van der Waals surface area contributed by atoms with Crippen molar-refractivity contribution in [1.82, 2.24) is 14.8 Å². The minimum atomic E-state index is 0.834. The number of hydrogen-bond donors (Lipinski definition) is 1. The van der Waals surface area contributed by atoms with Crippen molar-refractivity contribution >= 4 is 17.2 Å². The lowest BCUT2D eigenvalue weighted by Gasteiger charge is -2.07. The molecule has 1 saturated carbocycles. The average molecular weight is 234 g/mol. The van der Waals surface area contributed by atoms with Gasteiger partial charge in [0.05, 0.1) is 18.3 Å². The van der Waals surface area contributed by atoms with Gasteiger partial charge in [0.25, 0.3) is 0 Å². The largest absolute Gasteiger partial charge is 0.365 e. The highest BCUT2D eigenvalue weighted by molar-refractivity contribution is 7.09. The number of nitrogens with zero attached hydrogens (tertiary/aromatic N) is 3. The van der Waals surface area contributed by atoms with Gasteiger partial charge in [-0.15, -0.1) is 11.3 Å². The van der Waals surface area contributed by atoms with Crippen LogP contribution in [0.25, 0.3) is 0 Å². The summed E-state index contributed by atoms with van der Waals surface area (Å²) in [4.78, 5) is 5.31. The molecule has 1 aliphatic rings. The average Bonchev–Trinajstić information content (AvgIpc) is 2.80. The zero-order valence-electron chi connectivity index (χ0n) is 8.97. The molecule has 1 aliphatic carbocycles. The molecule has 0 aliphatic heterocycles. The number of aromatic nitrogens is 3. The predicted molar refractivity (Wildman–Crippen MR) is 64.4 cm³/mol. The summed E-state index contributed by atoms with van der Waals surface area (Å²) in [6, 6.07) is 2.03. The quantitative estimate of drug-likeness (QED) is 0.863. The van der Waals surface area contributed by atoms with E-state index in [1.165, 1.54) is 17.7 Å². The highest BCUT2D eigenvalue weighted by Crippen LogP contribution is 2.31. The first-order chi connectivity index (χ1) is 7.92. The van der Waals surface area contributed by atoms with Crippen molar-refractivity contribution in [2.75, 3.05) is 5.32 Å². The summed E-state index contributed by atoms with van der Waals surface area (Å²) in [6.45, 7) is 1.89. The number of nitrogens with one attached hydrogen (secondary N) is 1. The van der Waals surface area contributed by atoms with E-state index in [1.807, 2.05) is 24.0 Å². The Morgan fingerprint density at radius 3 is 3.19 bits per heavy atom. The van der Waals surface area contributed by atoms with E-state index < -0.39 is 0 Å². The Morgan fingerprint density at radius 2 is 2.44 bits per heavy atom. The maximum atomic E-state index is 4.34. The van der Waals surface area contributed by atoms with Crippen LogP contribution in [0.2, 0.25) is 0 Å². The third-order valence-electron chi connectivity index (χ3n) is 2.77. The fraction of sp³-hybridized carbons (Fsp3) is 0.455. The number of anilines is 1. The van der Waals surface area contributed by atoms with E-state index >= 15 is 0 Å². The van der Waals surface area contributed by atoms with Crippen LogP contribution in [0.5, 0.6) is 0 Å². The van der Waals surface area contributed by atoms with Gasteiger partial charge in [-0.1, -0.05) is 0 Å². The third kappa shape index (κ3) is 2.24. The molecule has 0 amide bonds. The second-order valence-corrected chi connectivity index (χ2v) is 5.13. The Kier molecular flexibility index (Phi) is 2.61. The zero-order valence-corrected chi connectivity index (χ0v) is 9.78. The Hall–Kier alpha value is -1.36. The van der Waals surface area contributed by atoms with Crippen molar-refractivity contribution in [3.63, 3.8) is 0 Å². The van der Waals surface area contributed by atoms with Crippen LogP contribution in [0, 0.1) is 5.92 Å². The first-order valence-electron chi connectivity index (χ1n) is 5.55.